The van der Waals surface area contributed by atoms with E-state index in [0.717, 1.165) is 64.2 Å². The lowest BCUT2D eigenvalue weighted by Crippen LogP contribution is -2.30. The molecule has 0 aliphatic heterocycles. The molecule has 0 amide bonds. The molecule has 0 saturated heterocycles. The van der Waals surface area contributed by atoms with E-state index in [0.29, 0.717) is 19.3 Å². The quantitative estimate of drug-likeness (QED) is 0.0262. The van der Waals surface area contributed by atoms with E-state index in [1.54, 1.807) is 0 Å². The third-order valence-corrected chi connectivity index (χ3v) is 12.3. The van der Waals surface area contributed by atoms with Crippen LogP contribution in [0, 0.1) is 0 Å². The van der Waals surface area contributed by atoms with Gasteiger partial charge in [-0.15, -0.1) is 0 Å². The number of carbonyl (C=O) groups is 3. The summed E-state index contributed by atoms with van der Waals surface area (Å²) in [6.07, 6.45) is 56.3. The van der Waals surface area contributed by atoms with E-state index in [-0.39, 0.29) is 31.1 Å². The van der Waals surface area contributed by atoms with Crippen LogP contribution in [0.3, 0.4) is 0 Å². The minimum atomic E-state index is -0.767. The Hall–Kier alpha value is -1.85. The molecule has 0 heterocycles. The van der Waals surface area contributed by atoms with Crippen LogP contribution in [0.2, 0.25) is 0 Å². The van der Waals surface area contributed by atoms with Gasteiger partial charge in [-0.1, -0.05) is 251 Å². The summed E-state index contributed by atoms with van der Waals surface area (Å²) in [5, 5.41) is 0. The second-order valence-corrected chi connectivity index (χ2v) is 18.5. The van der Waals surface area contributed by atoms with Crippen molar-refractivity contribution in [1.29, 1.82) is 0 Å². The molecular weight excluding hydrogens is 757 g/mol. The predicted octanol–water partition coefficient (Wildman–Crippen LogP) is 17.8. The van der Waals surface area contributed by atoms with Gasteiger partial charge in [0.05, 0.1) is 0 Å². The van der Waals surface area contributed by atoms with Gasteiger partial charge >= 0.3 is 17.9 Å². The summed E-state index contributed by atoms with van der Waals surface area (Å²) in [6.45, 7) is 6.65. The number of carbonyl (C=O) groups excluding carboxylic acids is 3. The van der Waals surface area contributed by atoms with E-state index < -0.39 is 6.10 Å². The Morgan fingerprint density at radius 3 is 0.820 bits per heavy atom. The van der Waals surface area contributed by atoms with Gasteiger partial charge in [0.1, 0.15) is 13.2 Å². The number of unbranched alkanes of at least 4 members (excludes halogenated alkanes) is 37. The SMILES string of the molecule is CCCCCCCC/C=C\CCCCCCCC(=O)O[C@H](COC(=O)CCCCCCCCCCC)COC(=O)CCCCCCCCCCCCCCCCCCCCC. The molecule has 6 heteroatoms. The molecule has 0 unspecified atom stereocenters. The van der Waals surface area contributed by atoms with Crippen LogP contribution in [0.4, 0.5) is 0 Å². The van der Waals surface area contributed by atoms with Crippen LogP contribution < -0.4 is 0 Å². The first kappa shape index (κ1) is 59.1. The van der Waals surface area contributed by atoms with E-state index in [2.05, 4.69) is 32.9 Å². The van der Waals surface area contributed by atoms with Crippen molar-refractivity contribution in [2.45, 2.75) is 309 Å². The van der Waals surface area contributed by atoms with Crippen molar-refractivity contribution in [3.8, 4) is 0 Å². The molecule has 0 aromatic rings. The molecule has 1 atom stereocenters. The Morgan fingerprint density at radius 2 is 0.541 bits per heavy atom. The highest BCUT2D eigenvalue weighted by molar-refractivity contribution is 5.71. The summed E-state index contributed by atoms with van der Waals surface area (Å²) in [4.78, 5) is 37.9. The number of allylic oxidation sites excluding steroid dienone is 2. The third-order valence-electron chi connectivity index (χ3n) is 12.3. The molecule has 0 aromatic heterocycles. The van der Waals surface area contributed by atoms with Gasteiger partial charge in [-0.25, -0.2) is 0 Å². The first-order chi connectivity index (χ1) is 30.0. The first-order valence-electron chi connectivity index (χ1n) is 27.2. The van der Waals surface area contributed by atoms with Crippen molar-refractivity contribution in [3.63, 3.8) is 0 Å². The maximum atomic E-state index is 12.8. The zero-order chi connectivity index (χ0) is 44.4. The lowest BCUT2D eigenvalue weighted by Gasteiger charge is -2.18. The lowest BCUT2D eigenvalue weighted by molar-refractivity contribution is -0.167. The molecule has 0 fully saturated rings. The molecule has 0 bridgehead atoms. The highest BCUT2D eigenvalue weighted by Crippen LogP contribution is 2.17. The largest absolute Gasteiger partial charge is 0.462 e. The number of rotatable bonds is 50. The van der Waals surface area contributed by atoms with E-state index in [9.17, 15) is 14.4 Å². The Morgan fingerprint density at radius 1 is 0.311 bits per heavy atom. The summed E-state index contributed by atoms with van der Waals surface area (Å²) in [5.41, 5.74) is 0. The normalized spacial score (nSPS) is 12.0. The van der Waals surface area contributed by atoms with Crippen molar-refractivity contribution in [1.82, 2.24) is 0 Å². The summed E-state index contributed by atoms with van der Waals surface area (Å²) in [5.74, 6) is -0.861. The first-order valence-corrected chi connectivity index (χ1v) is 27.2. The van der Waals surface area contributed by atoms with Gasteiger partial charge < -0.3 is 14.2 Å². The topological polar surface area (TPSA) is 78.9 Å². The standard InChI is InChI=1S/C55H104O6/c1-4-7-10-13-16-19-21-23-25-26-27-28-30-31-33-36-39-42-45-48-54(57)60-51-52(50-59-53(56)47-44-41-38-35-18-15-12-9-6-3)61-55(58)49-46-43-40-37-34-32-29-24-22-20-17-14-11-8-5-2/h24,29,52H,4-23,25-28,30-51H2,1-3H3/b29-24-/t52-/m1/s1. The number of esters is 3. The molecule has 0 rings (SSSR count). The summed E-state index contributed by atoms with van der Waals surface area (Å²) < 4.78 is 16.8. The fourth-order valence-corrected chi connectivity index (χ4v) is 8.14. The van der Waals surface area contributed by atoms with E-state index in [1.165, 1.54) is 199 Å². The zero-order valence-corrected chi connectivity index (χ0v) is 41.2. The molecule has 0 saturated carbocycles. The molecule has 6 nitrogen and oxygen atoms in total. The number of ether oxygens (including phenoxy) is 3. The van der Waals surface area contributed by atoms with Crippen LogP contribution in [0.15, 0.2) is 12.2 Å². The Balaban J connectivity index is 4.24. The lowest BCUT2D eigenvalue weighted by atomic mass is 10.0. The second-order valence-electron chi connectivity index (χ2n) is 18.5. The number of hydrogen-bond acceptors (Lipinski definition) is 6. The predicted molar refractivity (Wildman–Crippen MR) is 261 cm³/mol. The average molecular weight is 861 g/mol. The van der Waals surface area contributed by atoms with E-state index in [1.807, 2.05) is 0 Å². The van der Waals surface area contributed by atoms with Crippen molar-refractivity contribution in [2.75, 3.05) is 13.2 Å². The van der Waals surface area contributed by atoms with Gasteiger partial charge in [-0.05, 0) is 44.9 Å². The van der Waals surface area contributed by atoms with Crippen LogP contribution in [0.25, 0.3) is 0 Å². The highest BCUT2D eigenvalue weighted by Gasteiger charge is 2.19. The molecular formula is C55H104O6. The minimum absolute atomic E-state index is 0.0681. The summed E-state index contributed by atoms with van der Waals surface area (Å²) in [7, 11) is 0. The van der Waals surface area contributed by atoms with E-state index in [4.69, 9.17) is 14.2 Å². The van der Waals surface area contributed by atoms with Gasteiger partial charge in [0.25, 0.3) is 0 Å². The summed E-state index contributed by atoms with van der Waals surface area (Å²) in [6, 6.07) is 0. The monoisotopic (exact) mass is 861 g/mol. The molecule has 0 radical (unpaired) electrons. The molecule has 0 N–H and O–H groups in total. The van der Waals surface area contributed by atoms with Crippen molar-refractivity contribution >= 4 is 17.9 Å². The van der Waals surface area contributed by atoms with Crippen molar-refractivity contribution < 1.29 is 28.6 Å². The van der Waals surface area contributed by atoms with Crippen LogP contribution in [0.5, 0.6) is 0 Å². The Labute approximate surface area is 380 Å². The Kier molecular flexibility index (Phi) is 49.3. The molecule has 0 aliphatic rings. The zero-order valence-electron chi connectivity index (χ0n) is 41.2. The summed E-state index contributed by atoms with van der Waals surface area (Å²) >= 11 is 0. The molecule has 360 valence electrons. The van der Waals surface area contributed by atoms with Crippen molar-refractivity contribution in [2.24, 2.45) is 0 Å². The fourth-order valence-electron chi connectivity index (χ4n) is 8.14. The third kappa shape index (κ3) is 49.0. The smallest absolute Gasteiger partial charge is 0.306 e. The minimum Gasteiger partial charge on any atom is -0.462 e. The Bertz CT molecular complexity index is 947. The molecule has 0 aromatic carbocycles. The second kappa shape index (κ2) is 50.8. The van der Waals surface area contributed by atoms with E-state index >= 15 is 0 Å². The molecule has 0 spiro atoms. The maximum absolute atomic E-state index is 12.8. The van der Waals surface area contributed by atoms with Crippen LogP contribution >= 0.6 is 0 Å². The van der Waals surface area contributed by atoms with Gasteiger partial charge in [-0.2, -0.15) is 0 Å². The van der Waals surface area contributed by atoms with Crippen LogP contribution in [0.1, 0.15) is 303 Å². The maximum Gasteiger partial charge on any atom is 0.306 e. The van der Waals surface area contributed by atoms with Gasteiger partial charge in [0.15, 0.2) is 6.10 Å². The fraction of sp³-hybridized carbons (Fsp3) is 0.909. The molecule has 0 aliphatic carbocycles. The van der Waals surface area contributed by atoms with Gasteiger partial charge in [0, 0.05) is 19.3 Å². The van der Waals surface area contributed by atoms with Gasteiger partial charge in [0.2, 0.25) is 0 Å². The van der Waals surface area contributed by atoms with Crippen molar-refractivity contribution in [3.05, 3.63) is 12.2 Å². The van der Waals surface area contributed by atoms with Gasteiger partial charge in [-0.3, -0.25) is 14.4 Å². The van der Waals surface area contributed by atoms with Crippen LogP contribution in [-0.2, 0) is 28.6 Å². The molecule has 61 heavy (non-hydrogen) atoms. The average Bonchev–Trinajstić information content (AvgIpc) is 3.26. The highest BCUT2D eigenvalue weighted by atomic mass is 16.6. The number of hydrogen-bond donors (Lipinski definition) is 0. The van der Waals surface area contributed by atoms with Crippen LogP contribution in [-0.4, -0.2) is 37.2 Å².